The van der Waals surface area contributed by atoms with Crippen molar-refractivity contribution in [3.8, 4) is 6.07 Å². The summed E-state index contributed by atoms with van der Waals surface area (Å²) in [4.78, 5) is 30.2. The summed E-state index contributed by atoms with van der Waals surface area (Å²) in [6.07, 6.45) is 3.42. The molecule has 0 atom stereocenters. The van der Waals surface area contributed by atoms with E-state index in [9.17, 15) is 14.9 Å². The van der Waals surface area contributed by atoms with Gasteiger partial charge in [-0.15, -0.1) is 40.2 Å². The Hall–Kier alpha value is -2.83. The number of anilines is 1. The highest BCUT2D eigenvalue weighted by molar-refractivity contribution is 8.08. The fourth-order valence-electron chi connectivity index (χ4n) is 2.58. The predicted octanol–water partition coefficient (Wildman–Crippen LogP) is 4.70. The number of nitrogens with one attached hydrogen (secondary N) is 1. The maximum Gasteiger partial charge on any atom is 0.348 e. The Morgan fingerprint density at radius 3 is 2.87 bits per heavy atom. The van der Waals surface area contributed by atoms with Gasteiger partial charge in [-0.2, -0.15) is 5.26 Å². The van der Waals surface area contributed by atoms with Crippen molar-refractivity contribution in [1.29, 1.82) is 5.26 Å². The van der Waals surface area contributed by atoms with Crippen LogP contribution in [0.15, 0.2) is 23.4 Å². The molecule has 30 heavy (non-hydrogen) atoms. The molecule has 0 bridgehead atoms. The summed E-state index contributed by atoms with van der Waals surface area (Å²) in [5, 5.41) is 15.4. The van der Waals surface area contributed by atoms with Crippen LogP contribution in [-0.2, 0) is 9.47 Å². The smallest absolute Gasteiger partial charge is 0.348 e. The van der Waals surface area contributed by atoms with Gasteiger partial charge in [0.2, 0.25) is 0 Å². The average Bonchev–Trinajstić information content (AvgIpc) is 3.48. The Bertz CT molecular complexity index is 1130. The summed E-state index contributed by atoms with van der Waals surface area (Å²) in [7, 11) is 1.28. The minimum absolute atomic E-state index is 0.199. The molecule has 154 valence electrons. The fraction of sp³-hybridized carbons (Fsp3) is 0.250. The van der Waals surface area contributed by atoms with E-state index in [2.05, 4.69) is 22.1 Å². The maximum atomic E-state index is 12.4. The highest BCUT2D eigenvalue weighted by atomic mass is 32.2. The number of methoxy groups -OCH3 is 1. The zero-order valence-electron chi connectivity index (χ0n) is 16.4. The van der Waals surface area contributed by atoms with Crippen molar-refractivity contribution in [3.05, 3.63) is 50.1 Å². The Morgan fingerprint density at radius 2 is 2.23 bits per heavy atom. The zero-order chi connectivity index (χ0) is 21.7. The van der Waals surface area contributed by atoms with Gasteiger partial charge in [0, 0.05) is 17.3 Å². The molecule has 3 rings (SSSR count). The van der Waals surface area contributed by atoms with Crippen LogP contribution in [-0.4, -0.2) is 36.4 Å². The van der Waals surface area contributed by atoms with Gasteiger partial charge in [-0.1, -0.05) is 0 Å². The summed E-state index contributed by atoms with van der Waals surface area (Å²) < 4.78 is 9.91. The molecule has 0 fully saturated rings. The van der Waals surface area contributed by atoms with Crippen molar-refractivity contribution in [1.82, 2.24) is 4.98 Å². The SMILES string of the molecule is CCOC(=O)c1c(NC=C(C#N)c2nc(C3=C=CCS3)cs2)sc(C(=O)OC)c1C. The Morgan fingerprint density at radius 1 is 1.43 bits per heavy atom. The first-order valence-electron chi connectivity index (χ1n) is 8.80. The quantitative estimate of drug-likeness (QED) is 0.361. The third-order valence-electron chi connectivity index (χ3n) is 3.98. The monoisotopic (exact) mass is 459 g/mol. The van der Waals surface area contributed by atoms with Gasteiger partial charge >= 0.3 is 11.9 Å². The lowest BCUT2D eigenvalue weighted by Gasteiger charge is -2.05. The van der Waals surface area contributed by atoms with Crippen molar-refractivity contribution in [2.24, 2.45) is 0 Å². The van der Waals surface area contributed by atoms with Crippen LogP contribution in [0.5, 0.6) is 0 Å². The first kappa shape index (κ1) is 21.9. The molecule has 1 aliphatic rings. The number of thiophene rings is 1. The molecule has 2 aromatic rings. The number of rotatable bonds is 7. The predicted molar refractivity (Wildman–Crippen MR) is 120 cm³/mol. The second-order valence-corrected chi connectivity index (χ2v) is 8.72. The first-order valence-corrected chi connectivity index (χ1v) is 11.5. The van der Waals surface area contributed by atoms with Gasteiger partial charge in [-0.05, 0) is 25.5 Å². The number of hydrogen-bond donors (Lipinski definition) is 1. The number of carbonyl (C=O) groups is 2. The van der Waals surface area contributed by atoms with Gasteiger partial charge in [0.15, 0.2) is 0 Å². The molecule has 0 amide bonds. The molecular formula is C20H17N3O4S3. The van der Waals surface area contributed by atoms with Crippen molar-refractivity contribution in [3.63, 3.8) is 0 Å². The molecule has 1 N–H and O–H groups in total. The van der Waals surface area contributed by atoms with Gasteiger partial charge in [0.25, 0.3) is 0 Å². The summed E-state index contributed by atoms with van der Waals surface area (Å²) >= 11 is 4.05. The summed E-state index contributed by atoms with van der Waals surface area (Å²) in [5.74, 6) is -0.230. The molecule has 0 saturated carbocycles. The van der Waals surface area contributed by atoms with Crippen molar-refractivity contribution in [2.45, 2.75) is 13.8 Å². The molecule has 0 spiro atoms. The zero-order valence-corrected chi connectivity index (χ0v) is 18.8. The number of aromatic nitrogens is 1. The average molecular weight is 460 g/mol. The van der Waals surface area contributed by atoms with E-state index in [1.54, 1.807) is 25.6 Å². The van der Waals surface area contributed by atoms with Gasteiger partial charge in [0.1, 0.15) is 26.5 Å². The number of hydrogen-bond acceptors (Lipinski definition) is 10. The molecular weight excluding hydrogens is 442 g/mol. The Labute approximate surface area is 185 Å². The lowest BCUT2D eigenvalue weighted by atomic mass is 10.1. The minimum atomic E-state index is -0.552. The molecule has 7 nitrogen and oxygen atoms in total. The normalized spacial score (nSPS) is 13.0. The van der Waals surface area contributed by atoms with E-state index in [1.807, 2.05) is 11.5 Å². The van der Waals surface area contributed by atoms with Crippen LogP contribution in [0.4, 0.5) is 5.00 Å². The van der Waals surface area contributed by atoms with Crippen molar-refractivity contribution < 1.29 is 19.1 Å². The second-order valence-electron chi connectivity index (χ2n) is 5.81. The lowest BCUT2D eigenvalue weighted by molar-refractivity contribution is 0.0527. The van der Waals surface area contributed by atoms with Gasteiger partial charge in [-0.25, -0.2) is 14.6 Å². The number of nitrogens with zero attached hydrogens (tertiary/aromatic N) is 2. The number of nitriles is 1. The number of thiazole rings is 1. The van der Waals surface area contributed by atoms with E-state index in [1.165, 1.54) is 24.6 Å². The van der Waals surface area contributed by atoms with Crippen molar-refractivity contribution >= 4 is 61.9 Å². The van der Waals surface area contributed by atoms with Crippen LogP contribution in [0.3, 0.4) is 0 Å². The number of esters is 2. The molecule has 0 aromatic carbocycles. The van der Waals surface area contributed by atoms with Crippen LogP contribution in [0.1, 0.15) is 43.2 Å². The fourth-order valence-corrected chi connectivity index (χ4v) is 5.27. The molecule has 0 saturated heterocycles. The highest BCUT2D eigenvalue weighted by Gasteiger charge is 2.26. The second kappa shape index (κ2) is 9.78. The molecule has 0 aliphatic carbocycles. The third-order valence-corrected chi connectivity index (χ3v) is 7.00. The minimum Gasteiger partial charge on any atom is -0.465 e. The molecule has 3 heterocycles. The van der Waals surface area contributed by atoms with Gasteiger partial charge < -0.3 is 14.8 Å². The van der Waals surface area contributed by atoms with E-state index in [4.69, 9.17) is 9.47 Å². The topological polar surface area (TPSA) is 101 Å². The van der Waals surface area contributed by atoms with Gasteiger partial charge in [-0.3, -0.25) is 0 Å². The van der Waals surface area contributed by atoms with E-state index < -0.39 is 11.9 Å². The lowest BCUT2D eigenvalue weighted by Crippen LogP contribution is -2.08. The van der Waals surface area contributed by atoms with E-state index in [0.717, 1.165) is 27.7 Å². The van der Waals surface area contributed by atoms with E-state index in [-0.39, 0.29) is 12.2 Å². The number of carbonyl (C=O) groups excluding carboxylic acids is 2. The molecule has 10 heteroatoms. The highest BCUT2D eigenvalue weighted by Crippen LogP contribution is 2.35. The van der Waals surface area contributed by atoms with E-state index in [0.29, 0.717) is 26.0 Å². The summed E-state index contributed by atoms with van der Waals surface area (Å²) in [6.45, 7) is 3.56. The van der Waals surface area contributed by atoms with Crippen molar-refractivity contribution in [2.75, 3.05) is 24.8 Å². The number of ether oxygens (including phenoxy) is 2. The number of allylic oxidation sites excluding steroid dienone is 1. The van der Waals surface area contributed by atoms with Crippen LogP contribution in [0.25, 0.3) is 10.5 Å². The molecule has 0 unspecified atom stereocenters. The largest absolute Gasteiger partial charge is 0.465 e. The van der Waals surface area contributed by atoms with E-state index >= 15 is 0 Å². The third kappa shape index (κ3) is 4.50. The Balaban J connectivity index is 1.93. The molecule has 2 aromatic heterocycles. The standard InChI is InChI=1S/C20H17N3O4S3/c1-4-27-19(24)15-11(2)16(20(25)26-3)30-18(15)22-9-12(8-21)17-23-13(10-29-17)14-6-5-7-28-14/h5,9-10,22H,4,7H2,1-3H3. The van der Waals surface area contributed by atoms with Gasteiger partial charge in [0.05, 0.1) is 29.9 Å². The van der Waals surface area contributed by atoms with Crippen LogP contribution < -0.4 is 5.32 Å². The maximum absolute atomic E-state index is 12.4. The Kier molecular flexibility index (Phi) is 7.13. The number of thioether (sulfide) groups is 1. The molecule has 0 radical (unpaired) electrons. The summed E-state index contributed by atoms with van der Waals surface area (Å²) in [5.41, 5.74) is 4.94. The summed E-state index contributed by atoms with van der Waals surface area (Å²) in [6, 6.07) is 2.12. The first-order chi connectivity index (χ1) is 14.5. The van der Waals surface area contributed by atoms with Crippen LogP contribution in [0, 0.1) is 18.3 Å². The van der Waals surface area contributed by atoms with Crippen LogP contribution >= 0.6 is 34.4 Å². The van der Waals surface area contributed by atoms with Crippen LogP contribution in [0.2, 0.25) is 0 Å². The molecule has 1 aliphatic heterocycles.